The number of pyridine rings is 1. The second-order valence-corrected chi connectivity index (χ2v) is 6.98. The fourth-order valence-corrected chi connectivity index (χ4v) is 3.78. The summed E-state index contributed by atoms with van der Waals surface area (Å²) in [5.41, 5.74) is 6.52. The standard InChI is InChI=1S/C23H20N3O4/c1-30-19-6-4-5-18-17(19)12-13-23(18,22(24)29)25-21(28)15-8-10-16(11-9-15)26-14-3-2-7-20(26)27/h2-11,13-14H,12H2,1H3,(H2,24,29)(H,25,28). The van der Waals surface area contributed by atoms with E-state index < -0.39 is 17.4 Å². The molecule has 1 aliphatic carbocycles. The molecule has 0 fully saturated rings. The Morgan fingerprint density at radius 3 is 2.50 bits per heavy atom. The molecular formula is C23H20N3O4. The molecule has 4 rings (SSSR count). The molecule has 1 aromatic heterocycles. The lowest BCUT2D eigenvalue weighted by Crippen LogP contribution is -2.53. The summed E-state index contributed by atoms with van der Waals surface area (Å²) in [5, 5.41) is 2.79. The molecule has 7 heteroatoms. The number of ether oxygens (including phenoxy) is 1. The van der Waals surface area contributed by atoms with E-state index in [-0.39, 0.29) is 5.56 Å². The number of nitrogens with zero attached hydrogens (tertiary/aromatic N) is 1. The van der Waals surface area contributed by atoms with Crippen LogP contribution in [0.2, 0.25) is 0 Å². The Bertz CT molecular complexity index is 1180. The van der Waals surface area contributed by atoms with E-state index in [1.54, 1.807) is 74.3 Å². The summed E-state index contributed by atoms with van der Waals surface area (Å²) in [4.78, 5) is 37.4. The Hall–Kier alpha value is -3.87. The van der Waals surface area contributed by atoms with Gasteiger partial charge in [0, 0.05) is 35.5 Å². The highest BCUT2D eigenvalue weighted by atomic mass is 16.5. The number of hydrogen-bond donors (Lipinski definition) is 2. The Labute approximate surface area is 173 Å². The molecule has 1 heterocycles. The number of fused-ring (bicyclic) bond motifs is 1. The maximum Gasteiger partial charge on any atom is 0.255 e. The first kappa shape index (κ1) is 19.4. The average molecular weight is 402 g/mol. The maximum atomic E-state index is 13.0. The summed E-state index contributed by atoms with van der Waals surface area (Å²) >= 11 is 0. The number of carbonyl (C=O) groups is 2. The third kappa shape index (κ3) is 3.14. The molecule has 3 aromatic rings. The summed E-state index contributed by atoms with van der Waals surface area (Å²) in [6.45, 7) is 0. The van der Waals surface area contributed by atoms with Crippen molar-refractivity contribution in [3.05, 3.63) is 100 Å². The molecule has 0 saturated heterocycles. The zero-order chi connectivity index (χ0) is 21.3. The topological polar surface area (TPSA) is 103 Å². The SMILES string of the molecule is COc1cccc2c1C[CH]C2(NC(=O)c1ccc(-n2ccccc2=O)cc1)C(N)=O. The van der Waals surface area contributed by atoms with E-state index in [4.69, 9.17) is 10.5 Å². The molecule has 1 radical (unpaired) electrons. The van der Waals surface area contributed by atoms with Gasteiger partial charge in [0.25, 0.3) is 11.5 Å². The number of nitrogens with one attached hydrogen (secondary N) is 1. The lowest BCUT2D eigenvalue weighted by molar-refractivity contribution is -0.123. The van der Waals surface area contributed by atoms with Gasteiger partial charge in [-0.05, 0) is 48.4 Å². The first-order valence-corrected chi connectivity index (χ1v) is 9.37. The van der Waals surface area contributed by atoms with Crippen molar-refractivity contribution in [3.8, 4) is 11.4 Å². The van der Waals surface area contributed by atoms with Crippen LogP contribution < -0.4 is 21.3 Å². The molecule has 0 aliphatic heterocycles. The van der Waals surface area contributed by atoms with Crippen LogP contribution in [0.4, 0.5) is 0 Å². The first-order valence-electron chi connectivity index (χ1n) is 9.37. The molecule has 0 saturated carbocycles. The fraction of sp³-hybridized carbons (Fsp3) is 0.130. The van der Waals surface area contributed by atoms with Crippen LogP contribution in [0.5, 0.6) is 5.75 Å². The van der Waals surface area contributed by atoms with Crippen LogP contribution in [0.25, 0.3) is 5.69 Å². The second kappa shape index (κ2) is 7.51. The molecule has 1 atom stereocenters. The molecule has 2 aromatic carbocycles. The Morgan fingerprint density at radius 1 is 1.07 bits per heavy atom. The number of aromatic nitrogens is 1. The van der Waals surface area contributed by atoms with Crippen LogP contribution in [0.1, 0.15) is 21.5 Å². The zero-order valence-electron chi connectivity index (χ0n) is 16.3. The number of rotatable bonds is 5. The number of carbonyl (C=O) groups excluding carboxylic acids is 2. The van der Waals surface area contributed by atoms with Gasteiger partial charge in [0.1, 0.15) is 11.3 Å². The van der Waals surface area contributed by atoms with E-state index in [1.165, 1.54) is 10.6 Å². The predicted molar refractivity (Wildman–Crippen MR) is 111 cm³/mol. The number of benzene rings is 2. The molecule has 0 spiro atoms. The third-order valence-corrected chi connectivity index (χ3v) is 5.32. The van der Waals surface area contributed by atoms with Crippen molar-refractivity contribution < 1.29 is 14.3 Å². The van der Waals surface area contributed by atoms with Crippen molar-refractivity contribution in [1.82, 2.24) is 9.88 Å². The molecule has 2 amide bonds. The van der Waals surface area contributed by atoms with Crippen LogP contribution >= 0.6 is 0 Å². The van der Waals surface area contributed by atoms with Gasteiger partial charge in [-0.1, -0.05) is 18.2 Å². The number of hydrogen-bond acceptors (Lipinski definition) is 4. The molecule has 3 N–H and O–H groups in total. The quantitative estimate of drug-likeness (QED) is 0.678. The highest BCUT2D eigenvalue weighted by Gasteiger charge is 2.46. The highest BCUT2D eigenvalue weighted by molar-refractivity contribution is 6.01. The monoisotopic (exact) mass is 402 g/mol. The number of methoxy groups -OCH3 is 1. The van der Waals surface area contributed by atoms with E-state index >= 15 is 0 Å². The van der Waals surface area contributed by atoms with Crippen molar-refractivity contribution in [3.63, 3.8) is 0 Å². The van der Waals surface area contributed by atoms with E-state index in [0.29, 0.717) is 29.0 Å². The molecule has 1 aliphatic rings. The van der Waals surface area contributed by atoms with Gasteiger partial charge in [0.15, 0.2) is 0 Å². The van der Waals surface area contributed by atoms with E-state index in [0.717, 1.165) is 5.56 Å². The Balaban J connectivity index is 1.64. The van der Waals surface area contributed by atoms with Crippen LogP contribution in [0.15, 0.2) is 71.7 Å². The number of amides is 2. The fourth-order valence-electron chi connectivity index (χ4n) is 3.78. The second-order valence-electron chi connectivity index (χ2n) is 6.98. The van der Waals surface area contributed by atoms with E-state index in [9.17, 15) is 14.4 Å². The number of nitrogens with two attached hydrogens (primary N) is 1. The molecule has 30 heavy (non-hydrogen) atoms. The third-order valence-electron chi connectivity index (χ3n) is 5.32. The minimum atomic E-state index is -1.42. The molecular weight excluding hydrogens is 382 g/mol. The summed E-state index contributed by atoms with van der Waals surface area (Å²) in [5.74, 6) is -0.484. The van der Waals surface area contributed by atoms with Crippen LogP contribution in [0.3, 0.4) is 0 Å². The summed E-state index contributed by atoms with van der Waals surface area (Å²) < 4.78 is 6.84. The smallest absolute Gasteiger partial charge is 0.255 e. The van der Waals surface area contributed by atoms with E-state index in [1.807, 2.05) is 0 Å². The lowest BCUT2D eigenvalue weighted by Gasteiger charge is -2.28. The maximum absolute atomic E-state index is 13.0. The summed E-state index contributed by atoms with van der Waals surface area (Å²) in [6, 6.07) is 16.7. The first-order chi connectivity index (χ1) is 14.5. The highest BCUT2D eigenvalue weighted by Crippen LogP contribution is 2.40. The minimum absolute atomic E-state index is 0.173. The van der Waals surface area contributed by atoms with Crippen molar-refractivity contribution in [2.75, 3.05) is 7.11 Å². The largest absolute Gasteiger partial charge is 0.496 e. The van der Waals surface area contributed by atoms with Gasteiger partial charge in [-0.2, -0.15) is 0 Å². The predicted octanol–water partition coefficient (Wildman–Crippen LogP) is 1.72. The van der Waals surface area contributed by atoms with E-state index in [2.05, 4.69) is 5.32 Å². The van der Waals surface area contributed by atoms with Crippen molar-refractivity contribution in [2.24, 2.45) is 5.73 Å². The van der Waals surface area contributed by atoms with Gasteiger partial charge >= 0.3 is 0 Å². The van der Waals surface area contributed by atoms with Gasteiger partial charge < -0.3 is 15.8 Å². The summed E-state index contributed by atoms with van der Waals surface area (Å²) in [7, 11) is 1.55. The average Bonchev–Trinajstić information content (AvgIpc) is 3.14. The molecule has 151 valence electrons. The van der Waals surface area contributed by atoms with Crippen molar-refractivity contribution >= 4 is 11.8 Å². The minimum Gasteiger partial charge on any atom is -0.496 e. The number of primary amides is 1. The lowest BCUT2D eigenvalue weighted by atomic mass is 9.90. The van der Waals surface area contributed by atoms with Gasteiger partial charge in [-0.15, -0.1) is 0 Å². The zero-order valence-corrected chi connectivity index (χ0v) is 16.3. The summed E-state index contributed by atoms with van der Waals surface area (Å²) in [6.07, 6.45) is 3.79. The van der Waals surface area contributed by atoms with Gasteiger partial charge in [0.05, 0.1) is 7.11 Å². The van der Waals surface area contributed by atoms with Crippen LogP contribution in [-0.2, 0) is 16.8 Å². The van der Waals surface area contributed by atoms with Crippen LogP contribution in [0, 0.1) is 6.42 Å². The van der Waals surface area contributed by atoms with Gasteiger partial charge in [-0.3, -0.25) is 19.0 Å². The van der Waals surface area contributed by atoms with Crippen molar-refractivity contribution in [2.45, 2.75) is 12.0 Å². The van der Waals surface area contributed by atoms with Crippen molar-refractivity contribution in [1.29, 1.82) is 0 Å². The van der Waals surface area contributed by atoms with Gasteiger partial charge in [-0.25, -0.2) is 0 Å². The Morgan fingerprint density at radius 2 is 1.83 bits per heavy atom. The Kier molecular flexibility index (Phi) is 4.87. The molecule has 7 nitrogen and oxygen atoms in total. The normalized spacial score (nSPS) is 17.2. The molecule has 0 bridgehead atoms. The van der Waals surface area contributed by atoms with Crippen LogP contribution in [-0.4, -0.2) is 23.5 Å². The molecule has 1 unspecified atom stereocenters. The van der Waals surface area contributed by atoms with Gasteiger partial charge in [0.2, 0.25) is 5.91 Å².